The minimum absolute atomic E-state index is 0.0982. The third kappa shape index (κ3) is 9.09. The van der Waals surface area contributed by atoms with Gasteiger partial charge in [0.05, 0.1) is 23.5 Å². The minimum atomic E-state index is -0.669. The smallest absolute Gasteiger partial charge is 0.317 e. The van der Waals surface area contributed by atoms with Crippen molar-refractivity contribution in [3.63, 3.8) is 0 Å². The van der Waals surface area contributed by atoms with Gasteiger partial charge < -0.3 is 30.9 Å². The van der Waals surface area contributed by atoms with Gasteiger partial charge in [-0.15, -0.1) is 0 Å². The van der Waals surface area contributed by atoms with Crippen molar-refractivity contribution in [2.75, 3.05) is 46.9 Å². The summed E-state index contributed by atoms with van der Waals surface area (Å²) in [4.78, 5) is 36.7. The number of amides is 3. The molecule has 3 rings (SSSR count). The van der Waals surface area contributed by atoms with Crippen LogP contribution in [0.25, 0.3) is 11.6 Å². The number of carbonyl (C=O) groups excluding carboxylic acids is 2. The summed E-state index contributed by atoms with van der Waals surface area (Å²) in [6.45, 7) is 15.8. The first kappa shape index (κ1) is 35.6. The fourth-order valence-corrected chi connectivity index (χ4v) is 5.47. The van der Waals surface area contributed by atoms with E-state index in [1.165, 1.54) is 6.20 Å². The van der Waals surface area contributed by atoms with Crippen molar-refractivity contribution in [3.8, 4) is 0 Å². The lowest BCUT2D eigenvalue weighted by Crippen LogP contribution is -2.49. The summed E-state index contributed by atoms with van der Waals surface area (Å²) in [7, 11) is 3.63. The van der Waals surface area contributed by atoms with Crippen LogP contribution in [0.5, 0.6) is 0 Å². The summed E-state index contributed by atoms with van der Waals surface area (Å²) in [5.41, 5.74) is 10.8. The summed E-state index contributed by atoms with van der Waals surface area (Å²) < 4.78 is 5.42. The van der Waals surface area contributed by atoms with Gasteiger partial charge in [0.1, 0.15) is 6.61 Å². The number of fused-ring (bicyclic) bond motifs is 2. The average molecular weight is 638 g/mol. The van der Waals surface area contributed by atoms with Crippen LogP contribution in [0.15, 0.2) is 61.2 Å². The highest BCUT2D eigenvalue weighted by Gasteiger charge is 2.34. The van der Waals surface area contributed by atoms with Crippen LogP contribution in [0.3, 0.4) is 0 Å². The molecular formula is C34H48ClN7O3. The zero-order valence-electron chi connectivity index (χ0n) is 27.6. The molecule has 45 heavy (non-hydrogen) atoms. The lowest BCUT2D eigenvalue weighted by molar-refractivity contribution is -0.125. The third-order valence-electron chi connectivity index (χ3n) is 7.59. The number of rotatable bonds is 13. The van der Waals surface area contributed by atoms with Crippen LogP contribution in [0.2, 0.25) is 5.02 Å². The Kier molecular flexibility index (Phi) is 12.6. The molecule has 0 unspecified atom stereocenters. The Morgan fingerprint density at radius 1 is 1.20 bits per heavy atom. The van der Waals surface area contributed by atoms with Crippen LogP contribution < -0.4 is 16.4 Å². The van der Waals surface area contributed by atoms with Gasteiger partial charge in [0.25, 0.3) is 0 Å². The maximum atomic E-state index is 13.1. The first-order valence-corrected chi connectivity index (χ1v) is 15.6. The molecule has 1 aliphatic carbocycles. The Morgan fingerprint density at radius 3 is 2.56 bits per heavy atom. The average Bonchev–Trinajstić information content (AvgIpc) is 3.13. The maximum absolute atomic E-state index is 13.1. The van der Waals surface area contributed by atoms with E-state index in [-0.39, 0.29) is 30.1 Å². The molecule has 3 amide bonds. The third-order valence-corrected chi connectivity index (χ3v) is 7.82. The van der Waals surface area contributed by atoms with E-state index in [9.17, 15) is 9.59 Å². The van der Waals surface area contributed by atoms with E-state index in [1.807, 2.05) is 71.2 Å². The standard InChI is InChI=1S/C34H48ClN7O3/c1-9-40(7)28(21-36)31(38-29(43)22-45-11-3)27-19-23-13-12-16-37-30(23)32(25-15-14-24(35)20-26(25)27)42(10-2)18-17-41(8)33(44)39-34(4,5)6/h9,12-16,19-21,31-32H,1,10-11,17-18,22,36H2,2-8H3,(H,38,43)(H,39,44)/b28-21-/t31-,32+/m1/s1. The van der Waals surface area contributed by atoms with Crippen LogP contribution >= 0.6 is 11.6 Å². The Labute approximate surface area is 272 Å². The van der Waals surface area contributed by atoms with Gasteiger partial charge in [-0.05, 0) is 87.0 Å². The van der Waals surface area contributed by atoms with E-state index in [1.54, 1.807) is 29.2 Å². The van der Waals surface area contributed by atoms with Crippen molar-refractivity contribution in [1.82, 2.24) is 30.3 Å². The van der Waals surface area contributed by atoms with Crippen LogP contribution in [0, 0.1) is 0 Å². The van der Waals surface area contributed by atoms with Crippen molar-refractivity contribution >= 4 is 35.2 Å². The predicted octanol–water partition coefficient (Wildman–Crippen LogP) is 4.84. The molecule has 0 aliphatic heterocycles. The summed E-state index contributed by atoms with van der Waals surface area (Å²) in [6.07, 6.45) is 6.94. The summed E-state index contributed by atoms with van der Waals surface area (Å²) >= 11 is 6.66. The van der Waals surface area contributed by atoms with Gasteiger partial charge >= 0.3 is 6.03 Å². The zero-order chi connectivity index (χ0) is 33.3. The Hall–Kier alpha value is -3.86. The number of aromatic nitrogens is 1. The molecule has 0 spiro atoms. The van der Waals surface area contributed by atoms with Crippen molar-refractivity contribution in [2.45, 2.75) is 52.2 Å². The van der Waals surface area contributed by atoms with E-state index < -0.39 is 6.04 Å². The molecule has 1 heterocycles. The molecule has 0 radical (unpaired) electrons. The maximum Gasteiger partial charge on any atom is 0.317 e. The molecule has 11 heteroatoms. The largest absolute Gasteiger partial charge is 0.403 e. The van der Waals surface area contributed by atoms with Gasteiger partial charge in [0.15, 0.2) is 0 Å². The zero-order valence-corrected chi connectivity index (χ0v) is 28.3. The molecule has 1 aliphatic rings. The van der Waals surface area contributed by atoms with E-state index in [2.05, 4.69) is 29.0 Å². The van der Waals surface area contributed by atoms with Crippen LogP contribution in [-0.4, -0.2) is 90.1 Å². The van der Waals surface area contributed by atoms with Crippen molar-refractivity contribution in [3.05, 3.63) is 88.6 Å². The van der Waals surface area contributed by atoms with Crippen molar-refractivity contribution in [1.29, 1.82) is 0 Å². The summed E-state index contributed by atoms with van der Waals surface area (Å²) in [5.74, 6) is -0.290. The van der Waals surface area contributed by atoms with Crippen LogP contribution in [0.4, 0.5) is 4.79 Å². The van der Waals surface area contributed by atoms with Gasteiger partial charge in [-0.3, -0.25) is 14.7 Å². The van der Waals surface area contributed by atoms with Gasteiger partial charge in [-0.1, -0.05) is 37.2 Å². The number of likely N-dealkylation sites (N-methyl/N-ethyl adjacent to an activating group) is 3. The predicted molar refractivity (Wildman–Crippen MR) is 182 cm³/mol. The highest BCUT2D eigenvalue weighted by molar-refractivity contribution is 6.30. The summed E-state index contributed by atoms with van der Waals surface area (Å²) in [6, 6.07) is 8.64. The molecule has 0 saturated carbocycles. The molecule has 1 aromatic carbocycles. The van der Waals surface area contributed by atoms with Gasteiger partial charge in [-0.2, -0.15) is 0 Å². The molecule has 10 nitrogen and oxygen atoms in total. The normalized spacial score (nSPS) is 15.3. The number of hydrogen-bond acceptors (Lipinski definition) is 7. The van der Waals surface area contributed by atoms with Crippen LogP contribution in [0.1, 0.15) is 63.0 Å². The first-order valence-electron chi connectivity index (χ1n) is 15.2. The Bertz CT molecular complexity index is 1420. The van der Waals surface area contributed by atoms with E-state index in [0.29, 0.717) is 37.0 Å². The first-order chi connectivity index (χ1) is 21.3. The highest BCUT2D eigenvalue weighted by Crippen LogP contribution is 2.42. The number of hydrogen-bond donors (Lipinski definition) is 3. The van der Waals surface area contributed by atoms with E-state index >= 15 is 0 Å². The molecule has 2 atom stereocenters. The minimum Gasteiger partial charge on any atom is -0.403 e. The number of nitrogens with two attached hydrogens (primary N) is 1. The second-order valence-electron chi connectivity index (χ2n) is 12.0. The molecule has 4 N–H and O–H groups in total. The second kappa shape index (κ2) is 15.9. The summed E-state index contributed by atoms with van der Waals surface area (Å²) in [5, 5.41) is 6.71. The number of carbonyl (C=O) groups is 2. The number of pyridine rings is 1. The molecule has 244 valence electrons. The lowest BCUT2D eigenvalue weighted by atomic mass is 9.89. The van der Waals surface area contributed by atoms with Gasteiger partial charge in [0.2, 0.25) is 5.91 Å². The molecule has 0 saturated heterocycles. The van der Waals surface area contributed by atoms with E-state index in [4.69, 9.17) is 27.1 Å². The number of urea groups is 1. The number of nitrogens with one attached hydrogen (secondary N) is 2. The van der Waals surface area contributed by atoms with Gasteiger partial charge in [-0.25, -0.2) is 4.79 Å². The second-order valence-corrected chi connectivity index (χ2v) is 12.4. The fraction of sp³-hybridized carbons (Fsp3) is 0.441. The van der Waals surface area contributed by atoms with Gasteiger partial charge in [0, 0.05) is 56.8 Å². The monoisotopic (exact) mass is 637 g/mol. The molecule has 2 aromatic rings. The molecule has 1 aromatic heterocycles. The number of benzene rings is 1. The number of halogens is 1. The SMILES string of the molecule is C=CN(C)/C(=C\N)[C@H](NC(=O)COCC)C1=Cc2cccnc2[C@@H](N(CC)CCN(C)C(=O)NC(C)(C)C)c2ccc(Cl)cc21. The topological polar surface area (TPSA) is 116 Å². The quantitative estimate of drug-likeness (QED) is 0.288. The highest BCUT2D eigenvalue weighted by atomic mass is 35.5. The molecule has 0 fully saturated rings. The Balaban J connectivity index is 2.18. The fourth-order valence-electron chi connectivity index (χ4n) is 5.30. The van der Waals surface area contributed by atoms with Crippen molar-refractivity contribution < 1.29 is 14.3 Å². The molecular weight excluding hydrogens is 590 g/mol. The van der Waals surface area contributed by atoms with Crippen molar-refractivity contribution in [2.24, 2.45) is 5.73 Å². The lowest BCUT2D eigenvalue weighted by Gasteiger charge is -2.34. The molecule has 0 bridgehead atoms. The Morgan fingerprint density at radius 2 is 1.93 bits per heavy atom. The van der Waals surface area contributed by atoms with E-state index in [0.717, 1.165) is 28.0 Å². The number of ether oxygens (including phenoxy) is 1. The van der Waals surface area contributed by atoms with Crippen LogP contribution in [-0.2, 0) is 9.53 Å². The number of nitrogens with zero attached hydrogens (tertiary/aromatic N) is 4.